The zero-order chi connectivity index (χ0) is 11.4. The molecule has 1 aliphatic heterocycles. The first kappa shape index (κ1) is 12.4. The van der Waals surface area contributed by atoms with Crippen LogP contribution in [0.4, 0.5) is 0 Å². The molecule has 0 amide bonds. The van der Waals surface area contributed by atoms with Crippen LogP contribution in [0.25, 0.3) is 0 Å². The summed E-state index contributed by atoms with van der Waals surface area (Å²) in [5, 5.41) is 0. The van der Waals surface area contributed by atoms with Crippen LogP contribution in [0.2, 0.25) is 0 Å². The fourth-order valence-corrected chi connectivity index (χ4v) is 3.00. The summed E-state index contributed by atoms with van der Waals surface area (Å²) in [5.74, 6) is 0. The van der Waals surface area contributed by atoms with Gasteiger partial charge in [-0.2, -0.15) is 0 Å². The van der Waals surface area contributed by atoms with Gasteiger partial charge in [0.1, 0.15) is 0 Å². The van der Waals surface area contributed by atoms with Crippen molar-refractivity contribution in [1.29, 1.82) is 0 Å². The summed E-state index contributed by atoms with van der Waals surface area (Å²) in [7, 11) is 0. The largest absolute Gasteiger partial charge is 0.375 e. The summed E-state index contributed by atoms with van der Waals surface area (Å²) in [6, 6.07) is 0.704. The van der Waals surface area contributed by atoms with E-state index in [0.29, 0.717) is 18.2 Å². The van der Waals surface area contributed by atoms with Crippen molar-refractivity contribution in [2.75, 3.05) is 13.1 Å². The van der Waals surface area contributed by atoms with Crippen LogP contribution in [0.5, 0.6) is 0 Å². The molecule has 0 N–H and O–H groups in total. The van der Waals surface area contributed by atoms with E-state index in [1.165, 1.54) is 58.0 Å². The molecule has 2 heteroatoms. The SMILES string of the molecule is CC(C)N1CCC(OC2CCCCC2)CC1. The van der Waals surface area contributed by atoms with Crippen molar-refractivity contribution in [3.05, 3.63) is 0 Å². The zero-order valence-electron chi connectivity index (χ0n) is 11.0. The average molecular weight is 225 g/mol. The van der Waals surface area contributed by atoms with Crippen molar-refractivity contribution < 1.29 is 4.74 Å². The molecule has 1 heterocycles. The average Bonchev–Trinajstić information content (AvgIpc) is 2.31. The lowest BCUT2D eigenvalue weighted by molar-refractivity contribution is -0.0586. The molecule has 0 aromatic carbocycles. The highest BCUT2D eigenvalue weighted by atomic mass is 16.5. The normalized spacial score (nSPS) is 26.4. The molecular weight excluding hydrogens is 198 g/mol. The van der Waals surface area contributed by atoms with Crippen molar-refractivity contribution in [2.45, 2.75) is 77.0 Å². The molecule has 2 aliphatic rings. The fourth-order valence-electron chi connectivity index (χ4n) is 3.00. The standard InChI is InChI=1S/C14H27NO/c1-12(2)15-10-8-14(9-11-15)16-13-6-4-3-5-7-13/h12-14H,3-11H2,1-2H3. The second-order valence-electron chi connectivity index (χ2n) is 5.73. The Bertz CT molecular complexity index is 191. The maximum Gasteiger partial charge on any atom is 0.0603 e. The van der Waals surface area contributed by atoms with Gasteiger partial charge in [-0.05, 0) is 39.5 Å². The van der Waals surface area contributed by atoms with E-state index in [1.807, 2.05) is 0 Å². The maximum atomic E-state index is 6.23. The summed E-state index contributed by atoms with van der Waals surface area (Å²) in [6.45, 7) is 7.05. The Morgan fingerprint density at radius 2 is 1.44 bits per heavy atom. The zero-order valence-corrected chi connectivity index (χ0v) is 11.0. The number of piperidine rings is 1. The van der Waals surface area contributed by atoms with Crippen LogP contribution >= 0.6 is 0 Å². The lowest BCUT2D eigenvalue weighted by atomic mass is 9.97. The molecule has 0 radical (unpaired) electrons. The first-order valence-corrected chi connectivity index (χ1v) is 7.15. The number of rotatable bonds is 3. The lowest BCUT2D eigenvalue weighted by Gasteiger charge is -2.36. The van der Waals surface area contributed by atoms with E-state index >= 15 is 0 Å². The Morgan fingerprint density at radius 3 is 2.00 bits per heavy atom. The monoisotopic (exact) mass is 225 g/mol. The summed E-state index contributed by atoms with van der Waals surface area (Å²) >= 11 is 0. The molecule has 2 nitrogen and oxygen atoms in total. The quantitative estimate of drug-likeness (QED) is 0.731. The predicted molar refractivity (Wildman–Crippen MR) is 67.7 cm³/mol. The number of nitrogens with zero attached hydrogens (tertiary/aromatic N) is 1. The van der Waals surface area contributed by atoms with Crippen LogP contribution in [-0.4, -0.2) is 36.2 Å². The molecule has 2 rings (SSSR count). The van der Waals surface area contributed by atoms with E-state index < -0.39 is 0 Å². The lowest BCUT2D eigenvalue weighted by Crippen LogP contribution is -2.42. The van der Waals surface area contributed by atoms with Gasteiger partial charge in [0.25, 0.3) is 0 Å². The molecule has 0 atom stereocenters. The fraction of sp³-hybridized carbons (Fsp3) is 1.00. The second kappa shape index (κ2) is 6.02. The van der Waals surface area contributed by atoms with E-state index in [4.69, 9.17) is 4.74 Å². The first-order valence-electron chi connectivity index (χ1n) is 7.15. The van der Waals surface area contributed by atoms with Gasteiger partial charge in [-0.3, -0.25) is 0 Å². The predicted octanol–water partition coefficient (Wildman–Crippen LogP) is 3.21. The molecule has 94 valence electrons. The van der Waals surface area contributed by atoms with Crippen molar-refractivity contribution in [3.8, 4) is 0 Å². The van der Waals surface area contributed by atoms with E-state index in [0.717, 1.165) is 0 Å². The topological polar surface area (TPSA) is 12.5 Å². The molecule has 0 bridgehead atoms. The second-order valence-corrected chi connectivity index (χ2v) is 5.73. The number of hydrogen-bond donors (Lipinski definition) is 0. The Hall–Kier alpha value is -0.0800. The molecule has 16 heavy (non-hydrogen) atoms. The van der Waals surface area contributed by atoms with Gasteiger partial charge in [0.05, 0.1) is 12.2 Å². The van der Waals surface area contributed by atoms with Crippen LogP contribution in [0.3, 0.4) is 0 Å². The van der Waals surface area contributed by atoms with Crippen LogP contribution in [0.1, 0.15) is 58.8 Å². The molecule has 1 saturated carbocycles. The van der Waals surface area contributed by atoms with E-state index in [9.17, 15) is 0 Å². The minimum atomic E-state index is 0.554. The van der Waals surface area contributed by atoms with Crippen LogP contribution in [0, 0.1) is 0 Å². The van der Waals surface area contributed by atoms with E-state index in [-0.39, 0.29) is 0 Å². The van der Waals surface area contributed by atoms with Gasteiger partial charge < -0.3 is 9.64 Å². The highest BCUT2D eigenvalue weighted by Crippen LogP contribution is 2.25. The first-order chi connectivity index (χ1) is 7.75. The van der Waals surface area contributed by atoms with Crippen molar-refractivity contribution >= 4 is 0 Å². The number of hydrogen-bond acceptors (Lipinski definition) is 2. The molecule has 0 aromatic heterocycles. The third-order valence-electron chi connectivity index (χ3n) is 4.14. The van der Waals surface area contributed by atoms with Gasteiger partial charge in [0.2, 0.25) is 0 Å². The van der Waals surface area contributed by atoms with Gasteiger partial charge in [0, 0.05) is 19.1 Å². The summed E-state index contributed by atoms with van der Waals surface area (Å²) in [5.41, 5.74) is 0. The third kappa shape index (κ3) is 3.46. The maximum absolute atomic E-state index is 6.23. The van der Waals surface area contributed by atoms with Gasteiger partial charge in [-0.1, -0.05) is 19.3 Å². The summed E-state index contributed by atoms with van der Waals surface area (Å²) < 4.78 is 6.23. The number of ether oxygens (including phenoxy) is 1. The molecular formula is C14H27NO. The summed E-state index contributed by atoms with van der Waals surface area (Å²) in [4.78, 5) is 2.57. The minimum Gasteiger partial charge on any atom is -0.375 e. The van der Waals surface area contributed by atoms with Crippen molar-refractivity contribution in [1.82, 2.24) is 4.90 Å². The molecule has 1 aliphatic carbocycles. The van der Waals surface area contributed by atoms with Crippen molar-refractivity contribution in [2.24, 2.45) is 0 Å². The Morgan fingerprint density at radius 1 is 0.875 bits per heavy atom. The van der Waals surface area contributed by atoms with Crippen molar-refractivity contribution in [3.63, 3.8) is 0 Å². The molecule has 1 saturated heterocycles. The van der Waals surface area contributed by atoms with E-state index in [2.05, 4.69) is 18.7 Å². The van der Waals surface area contributed by atoms with E-state index in [1.54, 1.807) is 0 Å². The van der Waals surface area contributed by atoms with Gasteiger partial charge in [0.15, 0.2) is 0 Å². The van der Waals surface area contributed by atoms with Crippen LogP contribution < -0.4 is 0 Å². The van der Waals surface area contributed by atoms with Gasteiger partial charge >= 0.3 is 0 Å². The number of likely N-dealkylation sites (tertiary alicyclic amines) is 1. The Labute approximate surface area is 100 Å². The highest BCUT2D eigenvalue weighted by molar-refractivity contribution is 4.76. The van der Waals surface area contributed by atoms with Crippen LogP contribution in [-0.2, 0) is 4.74 Å². The molecule has 0 unspecified atom stereocenters. The Balaban J connectivity index is 1.68. The Kier molecular flexibility index (Phi) is 4.66. The van der Waals surface area contributed by atoms with Gasteiger partial charge in [-0.25, -0.2) is 0 Å². The molecule has 0 spiro atoms. The van der Waals surface area contributed by atoms with Crippen LogP contribution in [0.15, 0.2) is 0 Å². The minimum absolute atomic E-state index is 0.554. The smallest absolute Gasteiger partial charge is 0.0603 e. The van der Waals surface area contributed by atoms with Gasteiger partial charge in [-0.15, -0.1) is 0 Å². The summed E-state index contributed by atoms with van der Waals surface area (Å²) in [6.07, 6.45) is 10.4. The molecule has 0 aromatic rings. The third-order valence-corrected chi connectivity index (χ3v) is 4.14. The molecule has 2 fully saturated rings. The highest BCUT2D eigenvalue weighted by Gasteiger charge is 2.24.